The lowest BCUT2D eigenvalue weighted by Gasteiger charge is -2.31. The van der Waals surface area contributed by atoms with Crippen molar-refractivity contribution in [1.82, 2.24) is 25.0 Å². The Morgan fingerprint density at radius 3 is 2.28 bits per heavy atom. The fraction of sp³-hybridized carbons (Fsp3) is 0.353. The number of amides is 2. The number of aromatic nitrogens is 4. The fourth-order valence-electron chi connectivity index (χ4n) is 5.61. The number of hydrogen-bond acceptors (Lipinski definition) is 11. The lowest BCUT2D eigenvalue weighted by Crippen LogP contribution is -2.39. The van der Waals surface area contributed by atoms with Crippen LogP contribution in [-0.2, 0) is 27.2 Å². The van der Waals surface area contributed by atoms with Crippen LogP contribution in [0.2, 0.25) is 5.02 Å². The maximum absolute atomic E-state index is 13.1. The van der Waals surface area contributed by atoms with Gasteiger partial charge in [0.15, 0.2) is 11.5 Å². The molecule has 0 saturated carbocycles. The standard InChI is InChI=1S/C30H31ClN8O3.C4F6O2/c1-18-12-26(38-42-18)29(41)39-10-8-19(9-11-39)3-7-27(40)36-25-6-5-22-14-21(25)4-2-20-13-23(16-32-15-20)35-30-33-17-24(31)28(34-22)37-30;5-3(6,7)1(11)2(12)4(8,9)10/h5-6,12-17,19H,2-4,7-11H2,1H3,(H,36,40)(H2,33,34,35,37);. The van der Waals surface area contributed by atoms with Crippen molar-refractivity contribution >= 4 is 63.8 Å². The minimum atomic E-state index is -5.77. The van der Waals surface area contributed by atoms with Gasteiger partial charge in [0.05, 0.1) is 18.1 Å². The number of hydrogen-bond donors (Lipinski definition) is 3. The Balaban J connectivity index is 0.000000404. The summed E-state index contributed by atoms with van der Waals surface area (Å²) < 4.78 is 72.0. The Morgan fingerprint density at radius 2 is 1.63 bits per heavy atom. The monoisotopic (exact) mass is 780 g/mol. The number of fused-ring (bicyclic) bond motifs is 6. The van der Waals surface area contributed by atoms with Crippen LogP contribution in [0.3, 0.4) is 0 Å². The van der Waals surface area contributed by atoms with Gasteiger partial charge in [-0.3, -0.25) is 24.2 Å². The Bertz CT molecular complexity index is 2010. The van der Waals surface area contributed by atoms with E-state index in [0.29, 0.717) is 60.1 Å². The van der Waals surface area contributed by atoms with Gasteiger partial charge in [-0.05, 0) is 80.3 Å². The number of pyridine rings is 1. The summed E-state index contributed by atoms with van der Waals surface area (Å²) in [6, 6.07) is 9.50. The fourth-order valence-corrected chi connectivity index (χ4v) is 5.75. The zero-order chi connectivity index (χ0) is 39.2. The predicted molar refractivity (Wildman–Crippen MR) is 182 cm³/mol. The van der Waals surface area contributed by atoms with Gasteiger partial charge < -0.3 is 25.4 Å². The molecule has 2 aliphatic heterocycles. The minimum Gasteiger partial charge on any atom is -0.361 e. The third kappa shape index (κ3) is 10.5. The molecular weight excluding hydrogens is 750 g/mol. The molecule has 1 aromatic carbocycles. The molecule has 4 aromatic rings. The van der Waals surface area contributed by atoms with Crippen molar-refractivity contribution in [1.29, 1.82) is 0 Å². The molecule has 5 heterocycles. The molecule has 0 atom stereocenters. The Kier molecular flexibility index (Phi) is 12.2. The molecule has 54 heavy (non-hydrogen) atoms. The maximum Gasteiger partial charge on any atom is 0.458 e. The minimum absolute atomic E-state index is 0.0252. The molecule has 0 radical (unpaired) electrons. The van der Waals surface area contributed by atoms with Crippen LogP contribution in [0.5, 0.6) is 0 Å². The number of ketones is 2. The molecule has 13 nitrogen and oxygen atoms in total. The van der Waals surface area contributed by atoms with Crippen LogP contribution in [0, 0.1) is 12.8 Å². The van der Waals surface area contributed by atoms with Crippen LogP contribution in [0.25, 0.3) is 0 Å². The van der Waals surface area contributed by atoms with Gasteiger partial charge in [0.1, 0.15) is 10.8 Å². The zero-order valence-corrected chi connectivity index (χ0v) is 29.0. The summed E-state index contributed by atoms with van der Waals surface area (Å²) in [5.74, 6) is -5.05. The number of aryl methyl sites for hydroxylation is 3. The van der Waals surface area contributed by atoms with Gasteiger partial charge in [0, 0.05) is 43.1 Å². The van der Waals surface area contributed by atoms with Gasteiger partial charge in [-0.1, -0.05) is 16.8 Å². The second-order valence-electron chi connectivity index (χ2n) is 12.4. The van der Waals surface area contributed by atoms with Crippen molar-refractivity contribution in [3.05, 3.63) is 76.5 Å². The normalized spacial score (nSPS) is 14.5. The van der Waals surface area contributed by atoms with Crippen LogP contribution < -0.4 is 16.0 Å². The van der Waals surface area contributed by atoms with Gasteiger partial charge in [-0.25, -0.2) is 4.98 Å². The average Bonchev–Trinajstić information content (AvgIpc) is 3.57. The summed E-state index contributed by atoms with van der Waals surface area (Å²) in [6.07, 6.45) is -2.10. The number of rotatable bonds is 6. The topological polar surface area (TPSA) is 172 Å². The third-order valence-corrected chi connectivity index (χ3v) is 8.65. The molecule has 0 spiro atoms. The molecule has 1 saturated heterocycles. The maximum atomic E-state index is 13.1. The van der Waals surface area contributed by atoms with E-state index in [1.54, 1.807) is 25.4 Å². The molecule has 286 valence electrons. The zero-order valence-electron chi connectivity index (χ0n) is 28.3. The van der Waals surface area contributed by atoms with E-state index in [-0.39, 0.29) is 11.8 Å². The average molecular weight is 781 g/mol. The highest BCUT2D eigenvalue weighted by Crippen LogP contribution is 2.30. The second-order valence-corrected chi connectivity index (χ2v) is 12.8. The number of anilines is 5. The molecule has 1 fully saturated rings. The lowest BCUT2D eigenvalue weighted by molar-refractivity contribution is -0.193. The van der Waals surface area contributed by atoms with Crippen LogP contribution in [0.1, 0.15) is 53.1 Å². The Hall–Kier alpha value is -5.59. The first-order chi connectivity index (χ1) is 25.5. The molecule has 6 bridgehead atoms. The van der Waals surface area contributed by atoms with Crippen LogP contribution in [0.4, 0.5) is 55.2 Å². The number of piperidine rings is 1. The molecule has 0 unspecified atom stereocenters. The molecule has 0 aliphatic carbocycles. The Morgan fingerprint density at radius 1 is 0.926 bits per heavy atom. The van der Waals surface area contributed by atoms with Crippen molar-refractivity contribution in [3.63, 3.8) is 0 Å². The van der Waals surface area contributed by atoms with Crippen LogP contribution >= 0.6 is 11.6 Å². The van der Waals surface area contributed by atoms with E-state index in [9.17, 15) is 45.5 Å². The summed E-state index contributed by atoms with van der Waals surface area (Å²) in [6.45, 7) is 3.07. The number of carbonyl (C=O) groups excluding carboxylic acids is 4. The van der Waals surface area contributed by atoms with Gasteiger partial charge in [0.2, 0.25) is 11.9 Å². The van der Waals surface area contributed by atoms with Gasteiger partial charge in [0.25, 0.3) is 5.91 Å². The van der Waals surface area contributed by atoms with Crippen molar-refractivity contribution in [2.75, 3.05) is 29.0 Å². The van der Waals surface area contributed by atoms with Crippen molar-refractivity contribution in [3.8, 4) is 0 Å². The van der Waals surface area contributed by atoms with E-state index in [2.05, 4.69) is 36.1 Å². The summed E-state index contributed by atoms with van der Waals surface area (Å²) in [7, 11) is 0. The molecule has 2 amide bonds. The van der Waals surface area contributed by atoms with E-state index < -0.39 is 23.9 Å². The smallest absolute Gasteiger partial charge is 0.361 e. The number of nitrogens with one attached hydrogen (secondary N) is 3. The predicted octanol–water partition coefficient (Wildman–Crippen LogP) is 6.93. The SMILES string of the molecule is Cc1cc(C(=O)N2CCC(CCC(=O)Nc3ccc4cc3CCc3cncc(c3)Nc3ncc(Cl)c(n3)N4)CC2)no1.O=C(C(=O)C(F)(F)F)C(F)(F)F. The van der Waals surface area contributed by atoms with E-state index in [0.717, 1.165) is 53.9 Å². The summed E-state index contributed by atoms with van der Waals surface area (Å²) in [5.41, 5.74) is 4.75. The number of carbonyl (C=O) groups is 4. The number of benzene rings is 1. The number of Topliss-reactive ketones (excluding diaryl/α,β-unsaturated/α-hetero) is 2. The molecule has 20 heteroatoms. The highest BCUT2D eigenvalue weighted by molar-refractivity contribution is 6.41. The first kappa shape index (κ1) is 39.6. The molecule has 3 N–H and O–H groups in total. The van der Waals surface area contributed by atoms with Gasteiger partial charge in [-0.2, -0.15) is 31.3 Å². The first-order valence-electron chi connectivity index (χ1n) is 16.3. The van der Waals surface area contributed by atoms with E-state index >= 15 is 0 Å². The third-order valence-electron chi connectivity index (χ3n) is 8.37. The number of nitrogens with zero attached hydrogens (tertiary/aromatic N) is 5. The van der Waals surface area contributed by atoms with E-state index in [1.807, 2.05) is 35.4 Å². The number of likely N-dealkylation sites (tertiary alicyclic amines) is 1. The van der Waals surface area contributed by atoms with Crippen molar-refractivity contribution in [2.45, 2.75) is 57.8 Å². The second kappa shape index (κ2) is 16.6. The summed E-state index contributed by atoms with van der Waals surface area (Å²) in [4.78, 5) is 59.9. The largest absolute Gasteiger partial charge is 0.458 e. The van der Waals surface area contributed by atoms with Gasteiger partial charge in [-0.15, -0.1) is 0 Å². The Labute approximate surface area is 307 Å². The lowest BCUT2D eigenvalue weighted by atomic mass is 9.92. The van der Waals surface area contributed by atoms with Crippen LogP contribution in [0.15, 0.2) is 53.4 Å². The van der Waals surface area contributed by atoms with E-state index in [4.69, 9.17) is 16.1 Å². The quantitative estimate of drug-likeness (QED) is 0.137. The number of alkyl halides is 6. The molecular formula is C34H31ClF6N8O5. The molecule has 6 rings (SSSR count). The van der Waals surface area contributed by atoms with Crippen molar-refractivity contribution < 1.29 is 50.0 Å². The summed E-state index contributed by atoms with van der Waals surface area (Å²) >= 11 is 6.37. The van der Waals surface area contributed by atoms with E-state index in [1.165, 1.54) is 0 Å². The summed E-state index contributed by atoms with van der Waals surface area (Å²) in [5, 5.41) is 13.8. The first-order valence-corrected chi connectivity index (χ1v) is 16.7. The highest BCUT2D eigenvalue weighted by Gasteiger charge is 2.54. The van der Waals surface area contributed by atoms with Crippen LogP contribution in [-0.4, -0.2) is 73.8 Å². The molecule has 2 aliphatic rings. The number of halogens is 7. The highest BCUT2D eigenvalue weighted by atomic mass is 35.5. The molecule has 3 aromatic heterocycles. The van der Waals surface area contributed by atoms with Crippen molar-refractivity contribution in [2.24, 2.45) is 5.92 Å². The van der Waals surface area contributed by atoms with Gasteiger partial charge >= 0.3 is 23.9 Å².